The third kappa shape index (κ3) is 2.31. The van der Waals surface area contributed by atoms with Crippen LogP contribution < -0.4 is 0 Å². The summed E-state index contributed by atoms with van der Waals surface area (Å²) in [6, 6.07) is 6.96. The molecule has 1 aromatic carbocycles. The van der Waals surface area contributed by atoms with Crippen LogP contribution >= 0.6 is 0 Å². The van der Waals surface area contributed by atoms with Crippen LogP contribution in [-0.4, -0.2) is 27.3 Å². The van der Waals surface area contributed by atoms with Crippen molar-refractivity contribution in [3.8, 4) is 11.4 Å². The quantitative estimate of drug-likeness (QED) is 0.711. The van der Waals surface area contributed by atoms with Gasteiger partial charge >= 0.3 is 0 Å². The molecule has 1 saturated carbocycles. The van der Waals surface area contributed by atoms with Crippen molar-refractivity contribution in [2.75, 3.05) is 6.54 Å². The molecule has 0 N–H and O–H groups in total. The minimum absolute atomic E-state index is 0.481. The standard InChI is InChI=1S/C21H22N4/c1-25-19-10-15(16-11-23-12-16)6-7-17(19)20(14-4-2-3-5-14)21(25)18-13-22-8-9-24-18/h6-11,13-14,16H,2-5,12H2,1H3. The van der Waals surface area contributed by atoms with Crippen LogP contribution in [0.3, 0.4) is 0 Å². The van der Waals surface area contributed by atoms with Crippen LogP contribution in [0.15, 0.2) is 41.8 Å². The largest absolute Gasteiger partial charge is 0.342 e. The number of aliphatic imine (C=N–C) groups is 1. The number of nitrogens with zero attached hydrogens (tertiary/aromatic N) is 4. The Balaban J connectivity index is 1.76. The Kier molecular flexibility index (Phi) is 3.44. The minimum atomic E-state index is 0.481. The van der Waals surface area contributed by atoms with E-state index in [0.717, 1.165) is 12.2 Å². The maximum Gasteiger partial charge on any atom is 0.105 e. The van der Waals surface area contributed by atoms with Crippen molar-refractivity contribution in [1.82, 2.24) is 14.5 Å². The summed E-state index contributed by atoms with van der Waals surface area (Å²) in [6.07, 6.45) is 12.7. The monoisotopic (exact) mass is 330 g/mol. The van der Waals surface area contributed by atoms with E-state index >= 15 is 0 Å². The summed E-state index contributed by atoms with van der Waals surface area (Å²) in [6.45, 7) is 0.919. The molecular formula is C21H22N4. The average molecular weight is 330 g/mol. The fourth-order valence-electron chi connectivity index (χ4n) is 4.47. The van der Waals surface area contributed by atoms with Crippen LogP contribution in [0.2, 0.25) is 0 Å². The van der Waals surface area contributed by atoms with Crippen LogP contribution in [0.25, 0.3) is 22.3 Å². The number of aromatic nitrogens is 3. The van der Waals surface area contributed by atoms with Crippen LogP contribution in [0, 0.1) is 0 Å². The first kappa shape index (κ1) is 14.8. The lowest BCUT2D eigenvalue weighted by Crippen LogP contribution is -2.13. The molecule has 0 spiro atoms. The van der Waals surface area contributed by atoms with Crippen molar-refractivity contribution in [2.45, 2.75) is 37.5 Å². The minimum Gasteiger partial charge on any atom is -0.342 e. The van der Waals surface area contributed by atoms with E-state index in [1.54, 1.807) is 12.4 Å². The Bertz CT molecular complexity index is 949. The Morgan fingerprint density at radius 3 is 2.64 bits per heavy atom. The topological polar surface area (TPSA) is 43.1 Å². The average Bonchev–Trinajstić information content (AvgIpc) is 3.21. The van der Waals surface area contributed by atoms with Gasteiger partial charge in [0.05, 0.1) is 18.4 Å². The van der Waals surface area contributed by atoms with Gasteiger partial charge in [-0.2, -0.15) is 0 Å². The fourth-order valence-corrected chi connectivity index (χ4v) is 4.47. The Morgan fingerprint density at radius 2 is 1.96 bits per heavy atom. The van der Waals surface area contributed by atoms with Gasteiger partial charge in [-0.05, 0) is 36.0 Å². The molecule has 0 bridgehead atoms. The molecule has 25 heavy (non-hydrogen) atoms. The normalized spacial score (nSPS) is 20.3. The molecule has 2 aromatic heterocycles. The van der Waals surface area contributed by atoms with E-state index in [-0.39, 0.29) is 0 Å². The molecule has 1 atom stereocenters. The maximum absolute atomic E-state index is 4.62. The molecule has 3 aromatic rings. The summed E-state index contributed by atoms with van der Waals surface area (Å²) in [4.78, 5) is 13.2. The van der Waals surface area contributed by atoms with Gasteiger partial charge in [-0.3, -0.25) is 15.0 Å². The van der Waals surface area contributed by atoms with Gasteiger partial charge in [0.2, 0.25) is 0 Å². The number of hydrogen-bond acceptors (Lipinski definition) is 3. The lowest BCUT2D eigenvalue weighted by Gasteiger charge is -2.17. The third-order valence-electron chi connectivity index (χ3n) is 5.85. The van der Waals surface area contributed by atoms with Crippen LogP contribution in [-0.2, 0) is 7.05 Å². The van der Waals surface area contributed by atoms with Gasteiger partial charge < -0.3 is 4.57 Å². The molecular weight excluding hydrogens is 308 g/mol. The van der Waals surface area contributed by atoms with Crippen LogP contribution in [0.4, 0.5) is 0 Å². The van der Waals surface area contributed by atoms with Crippen LogP contribution in [0.1, 0.15) is 48.6 Å². The van der Waals surface area contributed by atoms with Crippen molar-refractivity contribution < 1.29 is 0 Å². The molecule has 1 aliphatic carbocycles. The van der Waals surface area contributed by atoms with Crippen molar-refractivity contribution >= 4 is 17.1 Å². The molecule has 4 nitrogen and oxygen atoms in total. The van der Waals surface area contributed by atoms with Gasteiger partial charge in [-0.1, -0.05) is 25.0 Å². The second kappa shape index (κ2) is 5.80. The summed E-state index contributed by atoms with van der Waals surface area (Å²) < 4.78 is 2.33. The predicted molar refractivity (Wildman–Crippen MR) is 101 cm³/mol. The molecule has 0 amide bonds. The zero-order valence-electron chi connectivity index (χ0n) is 14.5. The summed E-state index contributed by atoms with van der Waals surface area (Å²) >= 11 is 0. The molecule has 126 valence electrons. The maximum atomic E-state index is 4.62. The van der Waals surface area contributed by atoms with Crippen molar-refractivity contribution in [3.63, 3.8) is 0 Å². The van der Waals surface area contributed by atoms with E-state index in [1.807, 2.05) is 6.20 Å². The first-order valence-electron chi connectivity index (χ1n) is 9.21. The van der Waals surface area contributed by atoms with Crippen molar-refractivity contribution in [2.24, 2.45) is 12.0 Å². The Hall–Kier alpha value is -2.49. The van der Waals surface area contributed by atoms with Gasteiger partial charge in [0.15, 0.2) is 0 Å². The number of rotatable bonds is 3. The number of fused-ring (bicyclic) bond motifs is 1. The van der Waals surface area contributed by atoms with Gasteiger partial charge in [-0.15, -0.1) is 0 Å². The number of hydrogen-bond donors (Lipinski definition) is 0. The van der Waals surface area contributed by atoms with E-state index < -0.39 is 0 Å². The molecule has 1 fully saturated rings. The highest BCUT2D eigenvalue weighted by atomic mass is 15.0. The molecule has 3 heterocycles. The van der Waals surface area contributed by atoms with Gasteiger partial charge in [0.1, 0.15) is 5.69 Å². The third-order valence-corrected chi connectivity index (χ3v) is 5.85. The molecule has 1 unspecified atom stereocenters. The second-order valence-corrected chi connectivity index (χ2v) is 7.29. The van der Waals surface area contributed by atoms with E-state index in [9.17, 15) is 0 Å². The smallest absolute Gasteiger partial charge is 0.105 e. The zero-order valence-corrected chi connectivity index (χ0v) is 14.5. The molecule has 4 heteroatoms. The van der Waals surface area contributed by atoms with E-state index in [2.05, 4.69) is 51.0 Å². The molecule has 0 radical (unpaired) electrons. The molecule has 5 rings (SSSR count). The first-order chi connectivity index (χ1) is 12.3. The SMILES string of the molecule is Cn1c(-c2cnccn2)c(C2CCCC2)c2ccc(C3C=NC3)cc21. The number of benzene rings is 1. The lowest BCUT2D eigenvalue weighted by atomic mass is 9.91. The first-order valence-corrected chi connectivity index (χ1v) is 9.21. The summed E-state index contributed by atoms with van der Waals surface area (Å²) in [5.41, 5.74) is 6.38. The van der Waals surface area contributed by atoms with E-state index in [4.69, 9.17) is 0 Å². The lowest BCUT2D eigenvalue weighted by molar-refractivity contribution is 0.726. The fraction of sp³-hybridized carbons (Fsp3) is 0.381. The van der Waals surface area contributed by atoms with Gasteiger partial charge in [-0.25, -0.2) is 0 Å². The summed E-state index contributed by atoms with van der Waals surface area (Å²) in [5.74, 6) is 1.12. The summed E-state index contributed by atoms with van der Waals surface area (Å²) in [7, 11) is 2.17. The van der Waals surface area contributed by atoms with Crippen LogP contribution in [0.5, 0.6) is 0 Å². The predicted octanol–water partition coefficient (Wildman–Crippen LogP) is 4.46. The summed E-state index contributed by atoms with van der Waals surface area (Å²) in [5, 5.41) is 1.38. The van der Waals surface area contributed by atoms with Gasteiger partial charge in [0, 0.05) is 42.5 Å². The van der Waals surface area contributed by atoms with Crippen molar-refractivity contribution in [1.29, 1.82) is 0 Å². The molecule has 1 aliphatic heterocycles. The second-order valence-electron chi connectivity index (χ2n) is 7.29. The Morgan fingerprint density at radius 1 is 1.12 bits per heavy atom. The Labute approximate surface area is 147 Å². The van der Waals surface area contributed by atoms with E-state index in [1.165, 1.54) is 53.4 Å². The van der Waals surface area contributed by atoms with Gasteiger partial charge in [0.25, 0.3) is 0 Å². The highest BCUT2D eigenvalue weighted by Gasteiger charge is 2.27. The number of aryl methyl sites for hydroxylation is 1. The van der Waals surface area contributed by atoms with Crippen molar-refractivity contribution in [3.05, 3.63) is 47.9 Å². The highest BCUT2D eigenvalue weighted by Crippen LogP contribution is 2.44. The zero-order chi connectivity index (χ0) is 16.8. The molecule has 0 saturated heterocycles. The van der Waals surface area contributed by atoms with E-state index in [0.29, 0.717) is 11.8 Å². The molecule has 2 aliphatic rings. The highest BCUT2D eigenvalue weighted by molar-refractivity contribution is 5.93.